The molecule has 0 aliphatic carbocycles. The second kappa shape index (κ2) is 29.6. The Morgan fingerprint density at radius 3 is 0.586 bits per heavy atom. The molecule has 4 aromatic heterocycles. The highest BCUT2D eigenvalue weighted by atomic mass is 16.3. The molecule has 0 radical (unpaired) electrons. The topological polar surface area (TPSA) is 65.5 Å². The highest BCUT2D eigenvalue weighted by molar-refractivity contribution is 6.11. The maximum absolute atomic E-state index is 6.50. The van der Waals surface area contributed by atoms with E-state index in [0.29, 0.717) is 0 Å². The molecule has 22 aromatic rings. The average molecular weight is 1490 g/mol. The van der Waals surface area contributed by atoms with E-state index in [9.17, 15) is 0 Å². The van der Waals surface area contributed by atoms with E-state index >= 15 is 0 Å². The molecule has 548 valence electrons. The number of rotatable bonds is 16. The van der Waals surface area contributed by atoms with E-state index in [4.69, 9.17) is 17.7 Å². The first-order valence-electron chi connectivity index (χ1n) is 39.2. The second-order valence-electron chi connectivity index (χ2n) is 29.0. The summed E-state index contributed by atoms with van der Waals surface area (Å²) in [6.07, 6.45) is 0. The molecule has 4 heterocycles. The quantitative estimate of drug-likeness (QED) is 0.0948. The van der Waals surface area contributed by atoms with Gasteiger partial charge in [-0.1, -0.05) is 267 Å². The minimum Gasteiger partial charge on any atom is -0.456 e. The van der Waals surface area contributed by atoms with Gasteiger partial charge in [0.25, 0.3) is 0 Å². The van der Waals surface area contributed by atoms with Gasteiger partial charge in [-0.3, -0.25) is 0 Å². The number of para-hydroxylation sites is 10. The molecule has 0 unspecified atom stereocenters. The van der Waals surface area contributed by atoms with Crippen molar-refractivity contribution in [1.29, 1.82) is 0 Å². The van der Waals surface area contributed by atoms with Gasteiger partial charge in [0, 0.05) is 135 Å². The Labute approximate surface area is 670 Å². The van der Waals surface area contributed by atoms with Crippen LogP contribution in [0.5, 0.6) is 0 Å². The van der Waals surface area contributed by atoms with Crippen molar-refractivity contribution in [3.8, 4) is 44.5 Å². The number of furan rings is 4. The van der Waals surface area contributed by atoms with E-state index in [-0.39, 0.29) is 0 Å². The summed E-state index contributed by atoms with van der Waals surface area (Å²) in [6, 6.07) is 154. The van der Waals surface area contributed by atoms with Crippen molar-refractivity contribution in [2.24, 2.45) is 0 Å². The number of fused-ring (bicyclic) bond motifs is 12. The molecule has 8 nitrogen and oxygen atoms in total. The lowest BCUT2D eigenvalue weighted by Gasteiger charge is -2.31. The van der Waals surface area contributed by atoms with Gasteiger partial charge in [-0.25, -0.2) is 0 Å². The summed E-state index contributed by atoms with van der Waals surface area (Å²) in [5, 5.41) is 8.83. The molecule has 116 heavy (non-hydrogen) atoms. The zero-order valence-corrected chi connectivity index (χ0v) is 63.0. The molecule has 0 aliphatic rings. The maximum Gasteiger partial charge on any atom is 0.137 e. The first-order chi connectivity index (χ1) is 57.5. The minimum atomic E-state index is 0.841. The largest absolute Gasteiger partial charge is 0.456 e. The SMILES string of the molecule is c1ccc(-c2ccc(N(c3ccc4c(c3)oc3ccccc34)c3ccccc3-c3ccccc3N(c3ccc(-c4ccccc4)cc3)c3ccc4c(c3)oc3ccccc34)cc2)cc1.c1ccc(N(c2ccc3c(c2)oc2ccccc23)c2ccccc2-c2ccccc2N(c2ccccc2)c2ccc3c(c2)oc2ccccc23)cc1. The van der Waals surface area contributed by atoms with E-state index in [1.165, 1.54) is 11.1 Å². The maximum atomic E-state index is 6.50. The lowest BCUT2D eigenvalue weighted by atomic mass is 9.98. The third kappa shape index (κ3) is 12.6. The van der Waals surface area contributed by atoms with Gasteiger partial charge in [0.15, 0.2) is 0 Å². The van der Waals surface area contributed by atoms with Crippen LogP contribution in [0.2, 0.25) is 0 Å². The highest BCUT2D eigenvalue weighted by Crippen LogP contribution is 2.52. The average Bonchev–Trinajstić information content (AvgIpc) is 1.37. The summed E-state index contributed by atoms with van der Waals surface area (Å²) in [6.45, 7) is 0. The highest BCUT2D eigenvalue weighted by Gasteiger charge is 2.27. The van der Waals surface area contributed by atoms with E-state index in [0.717, 1.165) is 189 Å². The van der Waals surface area contributed by atoms with Crippen LogP contribution in [0.3, 0.4) is 0 Å². The summed E-state index contributed by atoms with van der Waals surface area (Å²) < 4.78 is 25.8. The number of anilines is 12. The van der Waals surface area contributed by atoms with Crippen LogP contribution in [-0.4, -0.2) is 0 Å². The zero-order valence-electron chi connectivity index (χ0n) is 63.0. The van der Waals surface area contributed by atoms with E-state index in [1.807, 2.05) is 48.5 Å². The first kappa shape index (κ1) is 68.4. The smallest absolute Gasteiger partial charge is 0.137 e. The third-order valence-electron chi connectivity index (χ3n) is 22.1. The zero-order chi connectivity index (χ0) is 76.8. The molecular formula is C108H72N4O4. The van der Waals surface area contributed by atoms with E-state index in [2.05, 4.69) is 408 Å². The van der Waals surface area contributed by atoms with Gasteiger partial charge in [-0.05, 0) is 168 Å². The fraction of sp³-hybridized carbons (Fsp3) is 0. The number of hydrogen-bond acceptors (Lipinski definition) is 8. The van der Waals surface area contributed by atoms with Crippen molar-refractivity contribution in [3.05, 3.63) is 437 Å². The molecule has 0 atom stereocenters. The van der Waals surface area contributed by atoms with Gasteiger partial charge in [0.05, 0.1) is 22.7 Å². The fourth-order valence-electron chi connectivity index (χ4n) is 16.7. The molecule has 0 aliphatic heterocycles. The number of nitrogens with zero attached hydrogens (tertiary/aromatic N) is 4. The molecule has 18 aromatic carbocycles. The van der Waals surface area contributed by atoms with Crippen molar-refractivity contribution in [1.82, 2.24) is 0 Å². The summed E-state index contributed by atoms with van der Waals surface area (Å²) >= 11 is 0. The summed E-state index contributed by atoms with van der Waals surface area (Å²) in [5.74, 6) is 0. The van der Waals surface area contributed by atoms with Crippen LogP contribution >= 0.6 is 0 Å². The van der Waals surface area contributed by atoms with Crippen LogP contribution < -0.4 is 19.6 Å². The Hall–Kier alpha value is -15.6. The van der Waals surface area contributed by atoms with Crippen molar-refractivity contribution in [2.75, 3.05) is 19.6 Å². The first-order valence-corrected chi connectivity index (χ1v) is 39.2. The molecule has 8 heteroatoms. The Morgan fingerprint density at radius 1 is 0.129 bits per heavy atom. The third-order valence-corrected chi connectivity index (χ3v) is 22.1. The van der Waals surface area contributed by atoms with E-state index in [1.54, 1.807) is 0 Å². The van der Waals surface area contributed by atoms with Crippen LogP contribution in [0, 0.1) is 0 Å². The van der Waals surface area contributed by atoms with Crippen LogP contribution in [0.1, 0.15) is 0 Å². The van der Waals surface area contributed by atoms with Crippen LogP contribution in [0.15, 0.2) is 454 Å². The normalized spacial score (nSPS) is 11.4. The molecule has 0 bridgehead atoms. The monoisotopic (exact) mass is 1490 g/mol. The predicted octanol–water partition coefficient (Wildman–Crippen LogP) is 31.5. The minimum absolute atomic E-state index is 0.841. The van der Waals surface area contributed by atoms with Gasteiger partial charge in [0.2, 0.25) is 0 Å². The molecule has 0 fully saturated rings. The Kier molecular flexibility index (Phi) is 17.4. The van der Waals surface area contributed by atoms with Crippen molar-refractivity contribution in [2.45, 2.75) is 0 Å². The molecule has 0 amide bonds. The lowest BCUT2D eigenvalue weighted by Crippen LogP contribution is -2.13. The van der Waals surface area contributed by atoms with Gasteiger partial charge in [-0.15, -0.1) is 0 Å². The van der Waals surface area contributed by atoms with Gasteiger partial charge >= 0.3 is 0 Å². The number of benzene rings is 18. The van der Waals surface area contributed by atoms with Gasteiger partial charge < -0.3 is 37.3 Å². The molecule has 0 saturated carbocycles. The van der Waals surface area contributed by atoms with Crippen LogP contribution in [0.4, 0.5) is 68.2 Å². The van der Waals surface area contributed by atoms with Crippen LogP contribution in [0.25, 0.3) is 132 Å². The second-order valence-corrected chi connectivity index (χ2v) is 29.0. The van der Waals surface area contributed by atoms with Crippen molar-refractivity contribution < 1.29 is 17.7 Å². The summed E-state index contributed by atoms with van der Waals surface area (Å²) in [7, 11) is 0. The van der Waals surface area contributed by atoms with E-state index < -0.39 is 0 Å². The number of hydrogen-bond donors (Lipinski definition) is 0. The summed E-state index contributed by atoms with van der Waals surface area (Å²) in [4.78, 5) is 9.36. The molecule has 0 saturated heterocycles. The standard InChI is InChI=1S/C60H40N2O2.C48H32N2O2/c1-3-15-41(16-4-1)43-27-31-45(32-28-43)61(47-35-37-53-51-21-9-13-25-57(51)63-59(53)39-47)55-23-11-7-19-49(55)50-20-8-12-24-56(50)62(46-33-29-44(30-34-46)42-17-5-2-6-18-42)48-36-38-54-52-22-10-14-26-58(52)64-60(54)40-48;1-3-15-33(16-4-1)49(35-27-29-41-39-21-9-13-25-45(39)51-47(41)31-35)43-23-11-7-19-37(43)38-20-8-12-24-44(38)50(34-17-5-2-6-18-34)36-28-30-42-40-22-10-14-26-46(40)52-48(42)32-36/h1-40H;1-32H. The molecule has 0 N–H and O–H groups in total. The van der Waals surface area contributed by atoms with Gasteiger partial charge in [-0.2, -0.15) is 0 Å². The predicted molar refractivity (Wildman–Crippen MR) is 482 cm³/mol. The molecular weight excluding hydrogens is 1420 g/mol. The Morgan fingerprint density at radius 2 is 0.319 bits per heavy atom. The Bertz CT molecular complexity index is 6920. The van der Waals surface area contributed by atoms with Crippen LogP contribution in [-0.2, 0) is 0 Å². The molecule has 0 spiro atoms. The van der Waals surface area contributed by atoms with Gasteiger partial charge in [0.1, 0.15) is 44.7 Å². The summed E-state index contributed by atoms with van der Waals surface area (Å²) in [5.41, 5.74) is 28.3. The lowest BCUT2D eigenvalue weighted by molar-refractivity contribution is 0.668. The van der Waals surface area contributed by atoms with Crippen molar-refractivity contribution >= 4 is 156 Å². The Balaban J connectivity index is 0.000000148. The molecule has 22 rings (SSSR count). The van der Waals surface area contributed by atoms with Crippen molar-refractivity contribution in [3.63, 3.8) is 0 Å². The fourth-order valence-corrected chi connectivity index (χ4v) is 16.7.